The van der Waals surface area contributed by atoms with Gasteiger partial charge < -0.3 is 19.1 Å². The molecule has 0 aliphatic carbocycles. The molecule has 0 bridgehead atoms. The second-order valence-corrected chi connectivity index (χ2v) is 10.3. The van der Waals surface area contributed by atoms with Crippen LogP contribution in [-0.2, 0) is 21.1 Å². The molecule has 1 amide bonds. The zero-order valence-corrected chi connectivity index (χ0v) is 20.5. The Balaban J connectivity index is 1.68. The van der Waals surface area contributed by atoms with Gasteiger partial charge in [-0.05, 0) is 49.4 Å². The number of Topliss-reactive ketones (excluding diaryl/α,β-unsaturated/α-hetero) is 1. The third-order valence-corrected chi connectivity index (χ3v) is 7.65. The average molecular weight is 491 g/mol. The second-order valence-electron chi connectivity index (χ2n) is 8.12. The summed E-state index contributed by atoms with van der Waals surface area (Å²) in [6.07, 6.45) is 5.66. The van der Waals surface area contributed by atoms with E-state index in [9.17, 15) is 18.0 Å². The van der Waals surface area contributed by atoms with Crippen molar-refractivity contribution in [1.29, 1.82) is 0 Å². The molecule has 1 aliphatic rings. The maximum Gasteiger partial charge on any atom is 0.295 e. The van der Waals surface area contributed by atoms with E-state index in [1.165, 1.54) is 38.4 Å². The lowest BCUT2D eigenvalue weighted by molar-refractivity contribution is -0.126. The van der Waals surface area contributed by atoms with Gasteiger partial charge in [0, 0.05) is 30.5 Å². The summed E-state index contributed by atoms with van der Waals surface area (Å²) in [5, 5.41) is 0. The number of likely N-dealkylation sites (tertiary alicyclic amines) is 1. The van der Waals surface area contributed by atoms with E-state index in [-0.39, 0.29) is 28.6 Å². The third kappa shape index (κ3) is 6.05. The van der Waals surface area contributed by atoms with Crippen LogP contribution in [0.15, 0.2) is 36.7 Å². The van der Waals surface area contributed by atoms with Crippen molar-refractivity contribution >= 4 is 21.5 Å². The van der Waals surface area contributed by atoms with Crippen molar-refractivity contribution in [2.75, 3.05) is 39.4 Å². The van der Waals surface area contributed by atoms with E-state index in [0.29, 0.717) is 38.0 Å². The summed E-state index contributed by atoms with van der Waals surface area (Å²) in [7, 11) is 0.878. The van der Waals surface area contributed by atoms with Gasteiger partial charge in [-0.1, -0.05) is 6.07 Å². The van der Waals surface area contributed by atoms with Gasteiger partial charge in [0.05, 0.1) is 32.8 Å². The fourth-order valence-corrected chi connectivity index (χ4v) is 5.84. The number of pyridine rings is 1. The van der Waals surface area contributed by atoms with Crippen molar-refractivity contribution in [3.63, 3.8) is 0 Å². The highest BCUT2D eigenvalue weighted by Gasteiger charge is 2.36. The van der Waals surface area contributed by atoms with Gasteiger partial charge in [0.15, 0.2) is 21.3 Å². The number of sulfone groups is 1. The molecule has 9 nitrogen and oxygen atoms in total. The van der Waals surface area contributed by atoms with E-state index < -0.39 is 27.6 Å². The third-order valence-electron chi connectivity index (χ3n) is 5.85. The molecule has 2 aromatic rings. The highest BCUT2D eigenvalue weighted by molar-refractivity contribution is 7.91. The van der Waals surface area contributed by atoms with Crippen molar-refractivity contribution in [3.05, 3.63) is 47.8 Å². The van der Waals surface area contributed by atoms with Crippen LogP contribution in [0.1, 0.15) is 35.2 Å². The zero-order valence-electron chi connectivity index (χ0n) is 19.7. The standard InChI is InChI=1S/C24H30N2O7S/c1-31-20-13-18(14-21(32-2)23(20)33-3)22(27)24(28)26-11-5-9-19(26)16-34(29,30)12-6-8-17-7-4-10-25-15-17/h4,7,10,13-15,19H,5-6,8-9,11-12,16H2,1-3H3/t19-/m0/s1. The quantitative estimate of drug-likeness (QED) is 0.349. The molecule has 0 unspecified atom stereocenters. The molecule has 2 heterocycles. The lowest BCUT2D eigenvalue weighted by Gasteiger charge is -2.24. The van der Waals surface area contributed by atoms with Crippen LogP contribution < -0.4 is 14.2 Å². The first-order valence-corrected chi connectivity index (χ1v) is 12.9. The van der Waals surface area contributed by atoms with Gasteiger partial charge in [0.2, 0.25) is 5.75 Å². The minimum Gasteiger partial charge on any atom is -0.493 e. The Kier molecular flexibility index (Phi) is 8.49. The number of nitrogens with zero attached hydrogens (tertiary/aromatic N) is 2. The summed E-state index contributed by atoms with van der Waals surface area (Å²) in [5.41, 5.74) is 1.07. The highest BCUT2D eigenvalue weighted by Crippen LogP contribution is 2.38. The molecular weight excluding hydrogens is 460 g/mol. The molecule has 3 rings (SSSR count). The summed E-state index contributed by atoms with van der Waals surface area (Å²) in [6, 6.07) is 6.04. The minimum atomic E-state index is -3.40. The fraction of sp³-hybridized carbons (Fsp3) is 0.458. The Morgan fingerprint density at radius 1 is 1.12 bits per heavy atom. The van der Waals surface area contributed by atoms with E-state index in [0.717, 1.165) is 5.56 Å². The van der Waals surface area contributed by atoms with Crippen molar-refractivity contribution in [2.24, 2.45) is 0 Å². The van der Waals surface area contributed by atoms with Gasteiger partial charge in [-0.25, -0.2) is 8.42 Å². The van der Waals surface area contributed by atoms with Crippen LogP contribution in [0.2, 0.25) is 0 Å². The Morgan fingerprint density at radius 3 is 2.41 bits per heavy atom. The van der Waals surface area contributed by atoms with Gasteiger partial charge in [0.1, 0.15) is 0 Å². The van der Waals surface area contributed by atoms with Crippen molar-refractivity contribution in [2.45, 2.75) is 31.7 Å². The van der Waals surface area contributed by atoms with Crippen LogP contribution >= 0.6 is 0 Å². The number of benzene rings is 1. The molecule has 1 atom stereocenters. The lowest BCUT2D eigenvalue weighted by atomic mass is 10.1. The molecule has 0 spiro atoms. The summed E-state index contributed by atoms with van der Waals surface area (Å²) in [5.74, 6) is -0.803. The summed E-state index contributed by atoms with van der Waals surface area (Å²) < 4.78 is 41.3. The molecule has 10 heteroatoms. The summed E-state index contributed by atoms with van der Waals surface area (Å²) >= 11 is 0. The second kappa shape index (κ2) is 11.3. The summed E-state index contributed by atoms with van der Waals surface area (Å²) in [4.78, 5) is 31.5. The fourth-order valence-electron chi connectivity index (χ4n) is 4.16. The maximum atomic E-state index is 13.1. The number of methoxy groups -OCH3 is 3. The Morgan fingerprint density at radius 2 is 1.82 bits per heavy atom. The Hall–Kier alpha value is -3.14. The van der Waals surface area contributed by atoms with Crippen LogP contribution in [-0.4, -0.2) is 75.4 Å². The number of ether oxygens (including phenoxy) is 3. The highest BCUT2D eigenvalue weighted by atomic mass is 32.2. The number of aromatic nitrogens is 1. The Bertz CT molecular complexity index is 1090. The molecule has 1 saturated heterocycles. The van der Waals surface area contributed by atoms with Crippen LogP contribution in [0.25, 0.3) is 0 Å². The van der Waals surface area contributed by atoms with E-state index in [2.05, 4.69) is 4.98 Å². The van der Waals surface area contributed by atoms with Gasteiger partial charge in [-0.3, -0.25) is 14.6 Å². The first-order chi connectivity index (χ1) is 16.3. The van der Waals surface area contributed by atoms with E-state index in [1.807, 2.05) is 12.1 Å². The normalized spacial score (nSPS) is 15.7. The van der Waals surface area contributed by atoms with E-state index >= 15 is 0 Å². The minimum absolute atomic E-state index is 0.0151. The maximum absolute atomic E-state index is 13.1. The van der Waals surface area contributed by atoms with Gasteiger partial charge in [-0.2, -0.15) is 0 Å². The smallest absolute Gasteiger partial charge is 0.295 e. The number of aryl methyl sites for hydroxylation is 1. The molecule has 0 N–H and O–H groups in total. The first-order valence-electron chi connectivity index (χ1n) is 11.0. The zero-order chi connectivity index (χ0) is 24.7. The number of carbonyl (C=O) groups excluding carboxylic acids is 2. The molecule has 0 saturated carbocycles. The van der Waals surface area contributed by atoms with Crippen LogP contribution in [0.5, 0.6) is 17.2 Å². The van der Waals surface area contributed by atoms with Gasteiger partial charge >= 0.3 is 0 Å². The molecule has 184 valence electrons. The molecule has 1 fully saturated rings. The lowest BCUT2D eigenvalue weighted by Crippen LogP contribution is -2.43. The van der Waals surface area contributed by atoms with Gasteiger partial charge in [0.25, 0.3) is 11.7 Å². The topological polar surface area (TPSA) is 112 Å². The molecule has 0 radical (unpaired) electrons. The van der Waals surface area contributed by atoms with Crippen LogP contribution in [0.4, 0.5) is 0 Å². The molecular formula is C24H30N2O7S. The van der Waals surface area contributed by atoms with Crippen molar-refractivity contribution in [3.8, 4) is 17.2 Å². The number of hydrogen-bond donors (Lipinski definition) is 0. The van der Waals surface area contributed by atoms with Gasteiger partial charge in [-0.15, -0.1) is 0 Å². The predicted molar refractivity (Wildman–Crippen MR) is 126 cm³/mol. The molecule has 1 aromatic carbocycles. The van der Waals surface area contributed by atoms with Crippen LogP contribution in [0, 0.1) is 0 Å². The molecule has 1 aliphatic heterocycles. The largest absolute Gasteiger partial charge is 0.493 e. The summed E-state index contributed by atoms with van der Waals surface area (Å²) in [6.45, 7) is 0.338. The number of rotatable bonds is 11. The number of amides is 1. The SMILES string of the molecule is COc1cc(C(=O)C(=O)N2CCC[C@H]2CS(=O)(=O)CCCc2cccnc2)cc(OC)c1OC. The molecule has 34 heavy (non-hydrogen) atoms. The van der Waals surface area contributed by atoms with Crippen molar-refractivity contribution in [1.82, 2.24) is 9.88 Å². The number of ketones is 1. The van der Waals surface area contributed by atoms with Crippen LogP contribution in [0.3, 0.4) is 0 Å². The Labute approximate surface area is 199 Å². The van der Waals surface area contributed by atoms with E-state index in [4.69, 9.17) is 14.2 Å². The molecule has 1 aromatic heterocycles. The average Bonchev–Trinajstić information content (AvgIpc) is 3.29. The monoisotopic (exact) mass is 490 g/mol. The number of carbonyl (C=O) groups is 2. The van der Waals surface area contributed by atoms with Crippen molar-refractivity contribution < 1.29 is 32.2 Å². The first kappa shape index (κ1) is 25.5. The predicted octanol–water partition coefficient (Wildman–Crippen LogP) is 2.33. The van der Waals surface area contributed by atoms with E-state index in [1.54, 1.807) is 12.4 Å². The number of hydrogen-bond acceptors (Lipinski definition) is 8.